The number of nitrogens with one attached hydrogen (secondary N) is 1. The van der Waals surface area contributed by atoms with Crippen LogP contribution in [0.5, 0.6) is 0 Å². The zero-order chi connectivity index (χ0) is 14.2. The Bertz CT molecular complexity index is 372. The van der Waals surface area contributed by atoms with E-state index in [0.717, 1.165) is 32.0 Å². The first-order valence-electron chi connectivity index (χ1n) is 8.32. The molecule has 2 rings (SSSR count). The van der Waals surface area contributed by atoms with Crippen LogP contribution in [0.15, 0.2) is 24.3 Å². The zero-order valence-corrected chi connectivity index (χ0v) is 13.2. The number of rotatable bonds is 8. The number of likely N-dealkylation sites (tertiary alicyclic amines) is 1. The Kier molecular flexibility index (Phi) is 6.55. The molecule has 1 N–H and O–H groups in total. The summed E-state index contributed by atoms with van der Waals surface area (Å²) >= 11 is 0. The molecule has 0 spiro atoms. The number of hydrogen-bond acceptors (Lipinski definition) is 2. The van der Waals surface area contributed by atoms with E-state index in [2.05, 4.69) is 48.3 Å². The number of nitrogens with zero attached hydrogens (tertiary/aromatic N) is 1. The molecule has 1 fully saturated rings. The predicted molar refractivity (Wildman–Crippen MR) is 87.0 cm³/mol. The molecule has 0 radical (unpaired) electrons. The Morgan fingerprint density at radius 2 is 1.85 bits per heavy atom. The van der Waals surface area contributed by atoms with Crippen LogP contribution < -0.4 is 5.32 Å². The molecule has 0 saturated carbocycles. The fourth-order valence-corrected chi connectivity index (χ4v) is 2.99. The van der Waals surface area contributed by atoms with Crippen LogP contribution in [-0.2, 0) is 13.0 Å². The first-order chi connectivity index (χ1) is 9.81. The highest BCUT2D eigenvalue weighted by atomic mass is 15.1. The molecule has 1 aromatic rings. The van der Waals surface area contributed by atoms with Crippen LogP contribution >= 0.6 is 0 Å². The lowest BCUT2D eigenvalue weighted by Crippen LogP contribution is -2.20. The van der Waals surface area contributed by atoms with E-state index in [1.165, 1.54) is 43.5 Å². The Morgan fingerprint density at radius 3 is 2.50 bits per heavy atom. The molecule has 1 saturated heterocycles. The smallest absolute Gasteiger partial charge is 0.0233 e. The molecule has 2 heteroatoms. The van der Waals surface area contributed by atoms with Crippen molar-refractivity contribution < 1.29 is 0 Å². The van der Waals surface area contributed by atoms with Crippen molar-refractivity contribution in [3.8, 4) is 0 Å². The predicted octanol–water partition coefficient (Wildman–Crippen LogP) is 3.46. The minimum absolute atomic E-state index is 0.930. The second-order valence-electron chi connectivity index (χ2n) is 6.11. The van der Waals surface area contributed by atoms with Crippen molar-refractivity contribution in [3.05, 3.63) is 35.4 Å². The number of hydrogen-bond donors (Lipinski definition) is 1. The molecule has 0 aliphatic carbocycles. The second-order valence-corrected chi connectivity index (χ2v) is 6.11. The van der Waals surface area contributed by atoms with E-state index in [-0.39, 0.29) is 0 Å². The van der Waals surface area contributed by atoms with E-state index in [9.17, 15) is 0 Å². The van der Waals surface area contributed by atoms with Gasteiger partial charge in [-0.15, -0.1) is 0 Å². The molecule has 20 heavy (non-hydrogen) atoms. The molecule has 1 aromatic carbocycles. The Balaban J connectivity index is 1.74. The molecular formula is C18H30N2. The molecule has 2 nitrogen and oxygen atoms in total. The van der Waals surface area contributed by atoms with Crippen molar-refractivity contribution in [2.45, 2.75) is 46.1 Å². The highest BCUT2D eigenvalue weighted by Gasteiger charge is 2.20. The van der Waals surface area contributed by atoms with Crippen LogP contribution in [0.2, 0.25) is 0 Å². The van der Waals surface area contributed by atoms with Crippen molar-refractivity contribution in [1.29, 1.82) is 0 Å². The van der Waals surface area contributed by atoms with Gasteiger partial charge in [0.05, 0.1) is 0 Å². The lowest BCUT2D eigenvalue weighted by molar-refractivity contribution is 0.315. The van der Waals surface area contributed by atoms with Crippen LogP contribution in [0.3, 0.4) is 0 Å². The van der Waals surface area contributed by atoms with Crippen LogP contribution in [0.1, 0.15) is 44.2 Å². The molecule has 0 aromatic heterocycles. The summed E-state index contributed by atoms with van der Waals surface area (Å²) in [7, 11) is 0. The summed E-state index contributed by atoms with van der Waals surface area (Å²) in [5.41, 5.74) is 2.91. The average molecular weight is 274 g/mol. The monoisotopic (exact) mass is 274 g/mol. The van der Waals surface area contributed by atoms with Gasteiger partial charge in [-0.05, 0) is 55.9 Å². The molecule has 1 aliphatic heterocycles. The summed E-state index contributed by atoms with van der Waals surface area (Å²) in [6, 6.07) is 9.23. The quantitative estimate of drug-likeness (QED) is 0.730. The van der Waals surface area contributed by atoms with Gasteiger partial charge in [0.1, 0.15) is 0 Å². The van der Waals surface area contributed by atoms with E-state index in [1.807, 2.05) is 0 Å². The molecule has 112 valence electrons. The van der Waals surface area contributed by atoms with E-state index in [1.54, 1.807) is 0 Å². The van der Waals surface area contributed by atoms with Gasteiger partial charge in [0.25, 0.3) is 0 Å². The highest BCUT2D eigenvalue weighted by Crippen LogP contribution is 2.21. The Morgan fingerprint density at radius 1 is 1.10 bits per heavy atom. The van der Waals surface area contributed by atoms with Gasteiger partial charge in [-0.2, -0.15) is 0 Å². The number of benzene rings is 1. The van der Waals surface area contributed by atoms with Crippen molar-refractivity contribution in [1.82, 2.24) is 10.2 Å². The van der Waals surface area contributed by atoms with Crippen molar-refractivity contribution in [3.63, 3.8) is 0 Å². The van der Waals surface area contributed by atoms with Crippen LogP contribution in [-0.4, -0.2) is 31.1 Å². The van der Waals surface area contributed by atoms with Gasteiger partial charge >= 0.3 is 0 Å². The van der Waals surface area contributed by atoms with Gasteiger partial charge in [-0.3, -0.25) is 4.90 Å². The third kappa shape index (κ3) is 4.92. The maximum absolute atomic E-state index is 3.46. The molecule has 1 heterocycles. The second kappa shape index (κ2) is 8.43. The van der Waals surface area contributed by atoms with E-state index in [4.69, 9.17) is 0 Å². The average Bonchev–Trinajstić information content (AvgIpc) is 2.93. The summed E-state index contributed by atoms with van der Waals surface area (Å²) in [6.45, 7) is 10.5. The molecular weight excluding hydrogens is 244 g/mol. The van der Waals surface area contributed by atoms with E-state index >= 15 is 0 Å². The molecule has 0 amide bonds. The third-order valence-electron chi connectivity index (χ3n) is 4.39. The fraction of sp³-hybridized carbons (Fsp3) is 0.667. The van der Waals surface area contributed by atoms with E-state index < -0.39 is 0 Å². The fourth-order valence-electron chi connectivity index (χ4n) is 2.99. The Hall–Kier alpha value is -0.860. The van der Waals surface area contributed by atoms with E-state index in [0.29, 0.717) is 0 Å². The standard InChI is InChI=1S/C18H30N2/c1-3-11-19-12-9-17-5-7-18(8-6-17)15-20-13-10-16(4-2)14-20/h5-8,16,19H,3-4,9-15H2,1-2H3. The highest BCUT2D eigenvalue weighted by molar-refractivity contribution is 5.22. The molecule has 1 aliphatic rings. The van der Waals surface area contributed by atoms with Gasteiger partial charge in [0, 0.05) is 13.1 Å². The topological polar surface area (TPSA) is 15.3 Å². The van der Waals surface area contributed by atoms with Crippen LogP contribution in [0.4, 0.5) is 0 Å². The first-order valence-corrected chi connectivity index (χ1v) is 8.32. The Labute approximate surface area is 124 Å². The van der Waals surface area contributed by atoms with Crippen molar-refractivity contribution in [2.24, 2.45) is 5.92 Å². The van der Waals surface area contributed by atoms with Crippen LogP contribution in [0, 0.1) is 5.92 Å². The minimum Gasteiger partial charge on any atom is -0.316 e. The summed E-state index contributed by atoms with van der Waals surface area (Å²) in [5, 5.41) is 3.46. The summed E-state index contributed by atoms with van der Waals surface area (Å²) in [5.74, 6) is 0.930. The summed E-state index contributed by atoms with van der Waals surface area (Å²) in [6.07, 6.45) is 5.08. The zero-order valence-electron chi connectivity index (χ0n) is 13.2. The van der Waals surface area contributed by atoms with Gasteiger partial charge in [-0.25, -0.2) is 0 Å². The molecule has 0 bridgehead atoms. The largest absolute Gasteiger partial charge is 0.316 e. The van der Waals surface area contributed by atoms with Gasteiger partial charge < -0.3 is 5.32 Å². The van der Waals surface area contributed by atoms with Gasteiger partial charge in [0.2, 0.25) is 0 Å². The van der Waals surface area contributed by atoms with Crippen molar-refractivity contribution in [2.75, 3.05) is 26.2 Å². The SMILES string of the molecule is CCCNCCc1ccc(CN2CCC(CC)C2)cc1. The van der Waals surface area contributed by atoms with Gasteiger partial charge in [0.15, 0.2) is 0 Å². The summed E-state index contributed by atoms with van der Waals surface area (Å²) < 4.78 is 0. The maximum Gasteiger partial charge on any atom is 0.0233 e. The lowest BCUT2D eigenvalue weighted by Gasteiger charge is -2.16. The maximum atomic E-state index is 3.46. The van der Waals surface area contributed by atoms with Gasteiger partial charge in [-0.1, -0.05) is 44.5 Å². The van der Waals surface area contributed by atoms with Crippen molar-refractivity contribution >= 4 is 0 Å². The summed E-state index contributed by atoms with van der Waals surface area (Å²) in [4.78, 5) is 2.60. The lowest BCUT2D eigenvalue weighted by atomic mass is 10.1. The molecule has 1 unspecified atom stereocenters. The van der Waals surface area contributed by atoms with Crippen LogP contribution in [0.25, 0.3) is 0 Å². The molecule has 1 atom stereocenters. The normalized spacial score (nSPS) is 19.6. The third-order valence-corrected chi connectivity index (χ3v) is 4.39. The first kappa shape index (κ1) is 15.5. The minimum atomic E-state index is 0.930.